The van der Waals surface area contributed by atoms with Gasteiger partial charge in [0.05, 0.1) is 39.6 Å². The molecule has 0 radical (unpaired) electrons. The Labute approximate surface area is 647 Å². The first-order valence-electron chi connectivity index (χ1n) is 44.5. The lowest BCUT2D eigenvalue weighted by Crippen LogP contribution is -2.28. The van der Waals surface area contributed by atoms with Crippen LogP contribution in [-0.4, -0.2) is 99.3 Å². The van der Waals surface area contributed by atoms with Gasteiger partial charge in [0.2, 0.25) is 0 Å². The SMILES string of the molecule is CC(C)CCCC(C)CCCC(C)CCCC(C)CCOCC(COP(=O)(O)OCC(O)COP(=O)(O)OCC(COCCC(C)CCCC(C)CCCC(C)CCCC(C)C)OCCC(C)CCCC(C)CCCC(C)CCCC(C)C)OCCC(C)CCCC(C)CCCC(C)CCCC(C)C. The van der Waals surface area contributed by atoms with Crippen molar-refractivity contribution >= 4 is 15.6 Å². The van der Waals surface area contributed by atoms with E-state index in [9.17, 15) is 24.0 Å². The molecule has 16 unspecified atom stereocenters. The van der Waals surface area contributed by atoms with Crippen LogP contribution >= 0.6 is 15.6 Å². The van der Waals surface area contributed by atoms with Crippen LogP contribution in [0.4, 0.5) is 0 Å². The summed E-state index contributed by atoms with van der Waals surface area (Å²) in [6.07, 6.45) is 46.9. The third kappa shape index (κ3) is 69.9. The van der Waals surface area contributed by atoms with E-state index in [1.165, 1.54) is 205 Å². The number of aliphatic hydroxyl groups excluding tert-OH is 1. The molecule has 0 aromatic heterocycles. The molecular weight excluding hydrogens is 1340 g/mol. The van der Waals surface area contributed by atoms with Crippen molar-refractivity contribution in [1.29, 1.82) is 0 Å². The Morgan fingerprint density at radius 1 is 0.221 bits per heavy atom. The minimum Gasteiger partial charge on any atom is -0.388 e. The van der Waals surface area contributed by atoms with Crippen molar-refractivity contribution in [3.05, 3.63) is 0 Å². The van der Waals surface area contributed by atoms with Crippen LogP contribution in [0.25, 0.3) is 0 Å². The van der Waals surface area contributed by atoms with Crippen molar-refractivity contribution in [2.75, 3.05) is 66.1 Å². The highest BCUT2D eigenvalue weighted by molar-refractivity contribution is 7.47. The second-order valence-electron chi connectivity index (χ2n) is 37.1. The topological polar surface area (TPSA) is 169 Å². The fourth-order valence-electron chi connectivity index (χ4n) is 14.7. The molecule has 104 heavy (non-hydrogen) atoms. The largest absolute Gasteiger partial charge is 0.472 e. The van der Waals surface area contributed by atoms with Gasteiger partial charge < -0.3 is 33.8 Å². The van der Waals surface area contributed by atoms with Crippen LogP contribution in [0.1, 0.15) is 395 Å². The van der Waals surface area contributed by atoms with Gasteiger partial charge in [-0.25, -0.2) is 9.13 Å². The zero-order valence-electron chi connectivity index (χ0n) is 72.6. The molecule has 0 spiro atoms. The fraction of sp³-hybridized carbons (Fsp3) is 1.00. The Balaban J connectivity index is 5.52. The van der Waals surface area contributed by atoms with Crippen molar-refractivity contribution in [3.63, 3.8) is 0 Å². The maximum absolute atomic E-state index is 13.3. The Hall–Kier alpha value is 0.0200. The van der Waals surface area contributed by atoms with Gasteiger partial charge >= 0.3 is 15.6 Å². The Kier molecular flexibility index (Phi) is 66.5. The summed E-state index contributed by atoms with van der Waals surface area (Å²) in [4.78, 5) is 21.7. The summed E-state index contributed by atoms with van der Waals surface area (Å²) in [5.74, 6) is 11.3. The molecule has 0 amide bonds. The van der Waals surface area contributed by atoms with Gasteiger partial charge in [-0.05, 0) is 120 Å². The summed E-state index contributed by atoms with van der Waals surface area (Å²) < 4.78 is 73.2. The molecule has 3 N–H and O–H groups in total. The number of hydrogen-bond donors (Lipinski definition) is 3. The quantitative estimate of drug-likeness (QED) is 0.0389. The molecule has 0 saturated carbocycles. The van der Waals surface area contributed by atoms with Crippen LogP contribution in [0.2, 0.25) is 0 Å². The third-order valence-electron chi connectivity index (χ3n) is 22.8. The molecule has 0 bridgehead atoms. The molecular formula is C89H182O13P2. The lowest BCUT2D eigenvalue weighted by atomic mass is 9.91. The van der Waals surface area contributed by atoms with Crippen molar-refractivity contribution in [3.8, 4) is 0 Å². The number of phosphoric ester groups is 2. The highest BCUT2D eigenvalue weighted by Gasteiger charge is 2.29. The first-order valence-corrected chi connectivity index (χ1v) is 47.5. The zero-order chi connectivity index (χ0) is 78.0. The predicted octanol–water partition coefficient (Wildman–Crippen LogP) is 27.3. The van der Waals surface area contributed by atoms with Crippen molar-refractivity contribution in [2.24, 2.45) is 94.7 Å². The number of ether oxygens (including phenoxy) is 4. The standard InChI is InChI=1S/C89H182O13P2/c1-71(2)33-21-37-75(9)41-25-45-79(13)49-29-53-83(17)57-61-95-67-88(97-63-59-85(19)55-31-51-81(15)47-27-43-77(11)39-23-35-73(5)6)69-101-103(91,92)99-65-87(90)66-100-104(93,94)102-70-89(98-64-60-86(20)56-32-52-82(16)48-28-44-78(12)40-24-36-74(7)8)68-96-62-58-84(18)54-30-50-80(14)46-26-42-76(10)38-22-34-72(3)4/h71-90H,21-70H2,1-20H3,(H,91,92)(H,93,94). The molecule has 626 valence electrons. The van der Waals surface area contributed by atoms with Crippen molar-refractivity contribution < 1.29 is 61.1 Å². The normalized spacial score (nSPS) is 18.1. The summed E-state index contributed by atoms with van der Waals surface area (Å²) in [7, 11) is -9.43. The number of phosphoric acid groups is 2. The van der Waals surface area contributed by atoms with Crippen LogP contribution in [0.3, 0.4) is 0 Å². The molecule has 0 rings (SSSR count). The highest BCUT2D eigenvalue weighted by atomic mass is 31.2. The number of aliphatic hydroxyl groups is 1. The molecule has 15 heteroatoms. The molecule has 0 aromatic rings. The van der Waals surface area contributed by atoms with Gasteiger partial charge in [0.25, 0.3) is 0 Å². The first-order chi connectivity index (χ1) is 49.2. The average molecular weight is 1520 g/mol. The number of hydrogen-bond acceptors (Lipinski definition) is 11. The highest BCUT2D eigenvalue weighted by Crippen LogP contribution is 2.46. The van der Waals surface area contributed by atoms with E-state index in [1.807, 2.05) is 0 Å². The zero-order valence-corrected chi connectivity index (χ0v) is 74.4. The van der Waals surface area contributed by atoms with E-state index in [0.717, 1.165) is 122 Å². The van der Waals surface area contributed by atoms with Gasteiger partial charge in [0, 0.05) is 26.4 Å². The molecule has 0 saturated heterocycles. The van der Waals surface area contributed by atoms with Crippen LogP contribution < -0.4 is 0 Å². The van der Waals surface area contributed by atoms with Crippen LogP contribution in [0.15, 0.2) is 0 Å². The lowest BCUT2D eigenvalue weighted by molar-refractivity contribution is -0.0513. The van der Waals surface area contributed by atoms with E-state index in [2.05, 4.69) is 138 Å². The molecule has 0 aliphatic rings. The van der Waals surface area contributed by atoms with Gasteiger partial charge in [-0.1, -0.05) is 370 Å². The minimum absolute atomic E-state index is 0.191. The maximum atomic E-state index is 13.3. The smallest absolute Gasteiger partial charge is 0.388 e. The van der Waals surface area contributed by atoms with Crippen molar-refractivity contribution in [2.45, 2.75) is 414 Å². The predicted molar refractivity (Wildman–Crippen MR) is 445 cm³/mol. The molecule has 16 atom stereocenters. The van der Waals surface area contributed by atoms with Crippen LogP contribution in [0.5, 0.6) is 0 Å². The lowest BCUT2D eigenvalue weighted by Gasteiger charge is -2.23. The Morgan fingerprint density at radius 2 is 0.385 bits per heavy atom. The van der Waals surface area contributed by atoms with E-state index in [4.69, 9.17) is 37.0 Å². The third-order valence-corrected chi connectivity index (χ3v) is 24.7. The molecule has 13 nitrogen and oxygen atoms in total. The van der Waals surface area contributed by atoms with E-state index in [1.54, 1.807) is 0 Å². The second kappa shape index (κ2) is 66.5. The van der Waals surface area contributed by atoms with E-state index >= 15 is 0 Å². The van der Waals surface area contributed by atoms with E-state index in [-0.39, 0.29) is 26.4 Å². The molecule has 0 heterocycles. The monoisotopic (exact) mass is 1520 g/mol. The first kappa shape index (κ1) is 104. The summed E-state index contributed by atoms with van der Waals surface area (Å²) in [6.45, 7) is 47.5. The second-order valence-corrected chi connectivity index (χ2v) is 40.0. The maximum Gasteiger partial charge on any atom is 0.472 e. The molecule has 0 aliphatic carbocycles. The minimum atomic E-state index is -4.71. The van der Waals surface area contributed by atoms with Crippen LogP contribution in [-0.2, 0) is 46.2 Å². The van der Waals surface area contributed by atoms with Gasteiger partial charge in [-0.15, -0.1) is 0 Å². The van der Waals surface area contributed by atoms with Gasteiger partial charge in [-0.3, -0.25) is 18.1 Å². The summed E-state index contributed by atoms with van der Waals surface area (Å²) in [6, 6.07) is 0. The van der Waals surface area contributed by atoms with Crippen molar-refractivity contribution in [1.82, 2.24) is 0 Å². The van der Waals surface area contributed by atoms with E-state index in [0.29, 0.717) is 50.1 Å². The van der Waals surface area contributed by atoms with Gasteiger partial charge in [0.15, 0.2) is 0 Å². The molecule has 0 fully saturated rings. The van der Waals surface area contributed by atoms with Crippen LogP contribution in [0, 0.1) is 94.7 Å². The average Bonchev–Trinajstić information content (AvgIpc) is 0.903. The Morgan fingerprint density at radius 3 is 0.577 bits per heavy atom. The van der Waals surface area contributed by atoms with Gasteiger partial charge in [0.1, 0.15) is 18.3 Å². The fourth-order valence-corrected chi connectivity index (χ4v) is 16.3. The summed E-state index contributed by atoms with van der Waals surface area (Å²) >= 11 is 0. The summed E-state index contributed by atoms with van der Waals surface area (Å²) in [5, 5.41) is 10.8. The molecule has 0 aliphatic heterocycles. The Bertz CT molecular complexity index is 1830. The molecule has 0 aromatic carbocycles. The van der Waals surface area contributed by atoms with E-state index < -0.39 is 47.2 Å². The number of rotatable bonds is 78. The van der Waals surface area contributed by atoms with Gasteiger partial charge in [-0.2, -0.15) is 0 Å². The summed E-state index contributed by atoms with van der Waals surface area (Å²) in [5.41, 5.74) is 0.